The first kappa shape index (κ1) is 25.3. The summed E-state index contributed by atoms with van der Waals surface area (Å²) in [7, 11) is 0. The highest BCUT2D eigenvalue weighted by atomic mass is 32.1. The van der Waals surface area contributed by atoms with Gasteiger partial charge in [-0.15, -0.1) is 11.3 Å². The minimum Gasteiger partial charge on any atom is -0.494 e. The van der Waals surface area contributed by atoms with Gasteiger partial charge in [-0.3, -0.25) is 0 Å². The van der Waals surface area contributed by atoms with Crippen molar-refractivity contribution in [1.82, 2.24) is 0 Å². The second-order valence-electron chi connectivity index (χ2n) is 12.5. The number of benzene rings is 1. The van der Waals surface area contributed by atoms with Crippen molar-refractivity contribution >= 4 is 28.8 Å². The lowest BCUT2D eigenvalue weighted by atomic mass is 9.53. The summed E-state index contributed by atoms with van der Waals surface area (Å²) >= 11 is 1.70. The molecule has 5 aliphatic carbocycles. The van der Waals surface area contributed by atoms with Crippen LogP contribution in [-0.4, -0.2) is 18.5 Å². The molecule has 1 aromatic heterocycles. The summed E-state index contributed by atoms with van der Waals surface area (Å²) in [5, 5.41) is 2.17. The molecule has 1 aliphatic heterocycles. The fourth-order valence-corrected chi connectivity index (χ4v) is 8.93. The number of cyclic esters (lactones) is 2. The number of rotatable bonds is 9. The number of allylic oxidation sites excluding steroid dienone is 2. The molecule has 0 unspecified atom stereocenters. The van der Waals surface area contributed by atoms with Gasteiger partial charge in [0.25, 0.3) is 0 Å². The molecule has 39 heavy (non-hydrogen) atoms. The van der Waals surface area contributed by atoms with E-state index in [1.165, 1.54) is 61.8 Å². The monoisotopic (exact) mass is 542 g/mol. The van der Waals surface area contributed by atoms with Crippen molar-refractivity contribution in [3.63, 3.8) is 0 Å². The summed E-state index contributed by atoms with van der Waals surface area (Å²) in [6.45, 7) is 2.98. The van der Waals surface area contributed by atoms with Crippen LogP contribution in [-0.2, 0) is 14.3 Å². The molecule has 204 valence electrons. The van der Waals surface area contributed by atoms with Crippen molar-refractivity contribution in [3.8, 4) is 16.2 Å². The molecule has 0 amide bonds. The molecule has 4 nitrogen and oxygen atoms in total. The van der Waals surface area contributed by atoms with E-state index in [4.69, 9.17) is 9.47 Å². The molecule has 4 bridgehead atoms. The van der Waals surface area contributed by atoms with Crippen molar-refractivity contribution in [2.24, 2.45) is 29.6 Å². The average molecular weight is 543 g/mol. The summed E-state index contributed by atoms with van der Waals surface area (Å²) in [4.78, 5) is 27.7. The first-order valence-corrected chi connectivity index (χ1v) is 16.0. The van der Waals surface area contributed by atoms with Gasteiger partial charge in [0.05, 0.1) is 17.8 Å². The molecule has 6 fully saturated rings. The smallest absolute Gasteiger partial charge is 0.347 e. The summed E-state index contributed by atoms with van der Waals surface area (Å²) < 4.78 is 11.3. The predicted octanol–water partition coefficient (Wildman–Crippen LogP) is 8.37. The van der Waals surface area contributed by atoms with Crippen molar-refractivity contribution in [2.45, 2.75) is 77.6 Å². The standard InChI is InChI=1S/C34H38O4S/c1-2-3-4-5-12-37-27-10-8-22(9-11-27)28-18-26(19-39-28)29(23-6-7-23)31-32(34(36)38-33(31)35)30-24-14-20-13-21(16-24)17-25(30)15-20/h8-11,18-21,23-25H,2-7,12-17H2,1H3/b31-29-,32-30?. The molecule has 0 radical (unpaired) electrons. The molecule has 5 heteroatoms. The third-order valence-electron chi connectivity index (χ3n) is 9.72. The number of thiophene rings is 1. The highest BCUT2D eigenvalue weighted by molar-refractivity contribution is 7.13. The van der Waals surface area contributed by atoms with Crippen LogP contribution >= 0.6 is 11.3 Å². The number of hydrogen-bond acceptors (Lipinski definition) is 5. The van der Waals surface area contributed by atoms with Crippen LogP contribution in [0.15, 0.2) is 52.4 Å². The summed E-state index contributed by atoms with van der Waals surface area (Å²) in [5.74, 6) is 2.94. The molecule has 0 spiro atoms. The Hall–Kier alpha value is -2.66. The van der Waals surface area contributed by atoms with Gasteiger partial charge in [0, 0.05) is 4.88 Å². The van der Waals surface area contributed by atoms with Crippen molar-refractivity contribution in [1.29, 1.82) is 0 Å². The van der Waals surface area contributed by atoms with Crippen LogP contribution in [0.4, 0.5) is 0 Å². The average Bonchev–Trinajstić information content (AvgIpc) is 3.57. The van der Waals surface area contributed by atoms with Crippen LogP contribution in [0.5, 0.6) is 5.75 Å². The third kappa shape index (κ3) is 4.81. The molecule has 6 aliphatic rings. The first-order valence-electron chi connectivity index (χ1n) is 15.2. The van der Waals surface area contributed by atoms with Gasteiger partial charge in [-0.2, -0.15) is 0 Å². The Kier molecular flexibility index (Phi) is 6.74. The normalized spacial score (nSPS) is 28.8. The van der Waals surface area contributed by atoms with E-state index < -0.39 is 11.9 Å². The summed E-state index contributed by atoms with van der Waals surface area (Å²) in [6.07, 6.45) is 13.0. The van der Waals surface area contributed by atoms with E-state index >= 15 is 0 Å². The van der Waals surface area contributed by atoms with Gasteiger partial charge >= 0.3 is 11.9 Å². The molecular formula is C34H38O4S. The molecule has 2 aromatic rings. The number of hydrogen-bond donors (Lipinski definition) is 0. The van der Waals surface area contributed by atoms with E-state index in [0.29, 0.717) is 28.9 Å². The zero-order chi connectivity index (χ0) is 26.5. The van der Waals surface area contributed by atoms with Gasteiger partial charge in [-0.25, -0.2) is 9.59 Å². The van der Waals surface area contributed by atoms with E-state index in [9.17, 15) is 9.59 Å². The van der Waals surface area contributed by atoms with Crippen LogP contribution < -0.4 is 4.74 Å². The summed E-state index contributed by atoms with van der Waals surface area (Å²) in [5.41, 5.74) is 5.81. The number of ether oxygens (including phenoxy) is 2. The van der Waals surface area contributed by atoms with Gasteiger partial charge in [0.2, 0.25) is 0 Å². The van der Waals surface area contributed by atoms with Crippen LogP contribution in [0.25, 0.3) is 16.0 Å². The van der Waals surface area contributed by atoms with Crippen LogP contribution in [0.1, 0.15) is 83.1 Å². The van der Waals surface area contributed by atoms with Gasteiger partial charge in [0.15, 0.2) is 0 Å². The Labute approximate surface area is 235 Å². The van der Waals surface area contributed by atoms with Crippen LogP contribution in [0.3, 0.4) is 0 Å². The van der Waals surface area contributed by atoms with Gasteiger partial charge in [-0.05, 0) is 139 Å². The quantitative estimate of drug-likeness (QED) is 0.138. The fourth-order valence-electron chi connectivity index (χ4n) is 8.02. The Morgan fingerprint density at radius 2 is 1.64 bits per heavy atom. The van der Waals surface area contributed by atoms with Crippen molar-refractivity contribution < 1.29 is 19.1 Å². The lowest BCUT2D eigenvalue weighted by molar-refractivity contribution is -0.149. The molecule has 1 saturated heterocycles. The second-order valence-corrected chi connectivity index (χ2v) is 13.4. The van der Waals surface area contributed by atoms with E-state index in [-0.39, 0.29) is 0 Å². The predicted molar refractivity (Wildman–Crippen MR) is 154 cm³/mol. The second kappa shape index (κ2) is 10.4. The molecule has 8 rings (SSSR count). The first-order chi connectivity index (χ1) is 19.1. The number of carbonyl (C=O) groups is 2. The van der Waals surface area contributed by atoms with Crippen molar-refractivity contribution in [3.05, 3.63) is 58.0 Å². The zero-order valence-corrected chi connectivity index (χ0v) is 23.7. The Morgan fingerprint density at radius 1 is 0.923 bits per heavy atom. The van der Waals surface area contributed by atoms with Crippen LogP contribution in [0.2, 0.25) is 0 Å². The Morgan fingerprint density at radius 3 is 2.31 bits per heavy atom. The SMILES string of the molecule is CCCCCCOc1ccc(-c2cc(/C(=C3\C(=O)OC(=O)C3=C3C4CC5CC(C4)CC3C5)C3CC3)cs2)cc1. The van der Waals surface area contributed by atoms with Crippen LogP contribution in [0, 0.1) is 29.6 Å². The molecule has 0 atom stereocenters. The molecule has 5 saturated carbocycles. The topological polar surface area (TPSA) is 52.6 Å². The van der Waals surface area contributed by atoms with Crippen molar-refractivity contribution in [2.75, 3.05) is 6.61 Å². The maximum atomic E-state index is 13.3. The molecule has 2 heterocycles. The van der Waals surface area contributed by atoms with E-state index in [1.54, 1.807) is 11.3 Å². The maximum absolute atomic E-state index is 13.3. The minimum atomic E-state index is -0.425. The summed E-state index contributed by atoms with van der Waals surface area (Å²) in [6, 6.07) is 10.6. The highest BCUT2D eigenvalue weighted by Crippen LogP contribution is 2.59. The molecule has 1 aromatic carbocycles. The van der Waals surface area contributed by atoms with Gasteiger partial charge in [0.1, 0.15) is 5.75 Å². The number of esters is 2. The Balaban J connectivity index is 1.19. The fraction of sp³-hybridized carbons (Fsp3) is 0.529. The number of carbonyl (C=O) groups excluding carboxylic acids is 2. The maximum Gasteiger partial charge on any atom is 0.347 e. The minimum absolute atomic E-state index is 0.330. The largest absolute Gasteiger partial charge is 0.494 e. The molecule has 0 N–H and O–H groups in total. The molecular weight excluding hydrogens is 504 g/mol. The van der Waals surface area contributed by atoms with Gasteiger partial charge in [-0.1, -0.05) is 26.2 Å². The van der Waals surface area contributed by atoms with Gasteiger partial charge < -0.3 is 9.47 Å². The lowest BCUT2D eigenvalue weighted by Gasteiger charge is -2.51. The third-order valence-corrected chi connectivity index (χ3v) is 10.7. The lowest BCUT2D eigenvalue weighted by Crippen LogP contribution is -2.41. The van der Waals surface area contributed by atoms with E-state index in [0.717, 1.165) is 60.2 Å². The zero-order valence-electron chi connectivity index (χ0n) is 22.9. The Bertz CT molecular complexity index is 1310. The highest BCUT2D eigenvalue weighted by Gasteiger charge is 2.51. The van der Waals surface area contributed by atoms with E-state index in [2.05, 4.69) is 42.6 Å². The van der Waals surface area contributed by atoms with E-state index in [1.807, 2.05) is 0 Å². The number of unbranched alkanes of at least 4 members (excludes halogenated alkanes) is 3.